The molecule has 0 aromatic heterocycles. The van der Waals surface area contributed by atoms with Crippen LogP contribution >= 0.6 is 0 Å². The molecule has 0 radical (unpaired) electrons. The molecule has 2 fully saturated rings. The van der Waals surface area contributed by atoms with E-state index in [2.05, 4.69) is 0 Å². The van der Waals surface area contributed by atoms with Gasteiger partial charge < -0.3 is 4.90 Å². The quantitative estimate of drug-likeness (QED) is 0.554. The average molecular weight is 277 g/mol. The summed E-state index contributed by atoms with van der Waals surface area (Å²) in [4.78, 5) is 38.9. The zero-order chi connectivity index (χ0) is 14.7. The number of hydrogen-bond donors (Lipinski definition) is 0. The van der Waals surface area contributed by atoms with Crippen molar-refractivity contribution >= 4 is 17.7 Å². The number of likely N-dealkylation sites (tertiary alicyclic amines) is 1. The maximum atomic E-state index is 12.2. The van der Waals surface area contributed by atoms with Crippen LogP contribution in [-0.2, 0) is 14.4 Å². The number of likely N-dealkylation sites (N-methyl/N-ethyl adjacent to an activating group) is 1. The molecule has 0 spiro atoms. The fourth-order valence-electron chi connectivity index (χ4n) is 3.08. The van der Waals surface area contributed by atoms with Crippen LogP contribution in [0.5, 0.6) is 0 Å². The van der Waals surface area contributed by atoms with Gasteiger partial charge in [-0.15, -0.1) is 0 Å². The van der Waals surface area contributed by atoms with Gasteiger partial charge in [0.1, 0.15) is 13.1 Å². The Balaban J connectivity index is 2.06. The van der Waals surface area contributed by atoms with Crippen molar-refractivity contribution in [1.29, 1.82) is 5.26 Å². The van der Waals surface area contributed by atoms with Gasteiger partial charge in [0.25, 0.3) is 0 Å². The highest BCUT2D eigenvalue weighted by Gasteiger charge is 2.48. The molecule has 2 atom stereocenters. The summed E-state index contributed by atoms with van der Waals surface area (Å²) in [6, 6.07) is 1.91. The zero-order valence-electron chi connectivity index (χ0n) is 11.7. The summed E-state index contributed by atoms with van der Waals surface area (Å²) in [5.74, 6) is -1.21. The second kappa shape index (κ2) is 6.04. The van der Waals surface area contributed by atoms with E-state index in [0.29, 0.717) is 6.54 Å². The van der Waals surface area contributed by atoms with Gasteiger partial charge in [-0.25, -0.2) is 0 Å². The SMILES string of the molecule is CCN(CC#N)C(=O)CN1C(=O)C2CCCCC2C1=O. The van der Waals surface area contributed by atoms with Crippen molar-refractivity contribution in [2.45, 2.75) is 32.6 Å². The van der Waals surface area contributed by atoms with Gasteiger partial charge in [0, 0.05) is 6.54 Å². The van der Waals surface area contributed by atoms with E-state index >= 15 is 0 Å². The molecule has 2 aliphatic rings. The Hall–Kier alpha value is -1.90. The molecule has 1 aliphatic carbocycles. The summed E-state index contributed by atoms with van der Waals surface area (Å²) in [5, 5.41) is 8.66. The molecule has 20 heavy (non-hydrogen) atoms. The third-order valence-corrected chi connectivity index (χ3v) is 4.22. The fourth-order valence-corrected chi connectivity index (χ4v) is 3.08. The molecular weight excluding hydrogens is 258 g/mol. The Bertz CT molecular complexity index is 445. The standard InChI is InChI=1S/C14H19N3O3/c1-2-16(8-7-15)12(18)9-17-13(19)10-5-3-4-6-11(10)14(17)20/h10-11H,2-6,8-9H2,1H3. The molecule has 1 heterocycles. The highest BCUT2D eigenvalue weighted by atomic mass is 16.2. The molecule has 0 bridgehead atoms. The molecule has 0 aromatic rings. The first-order valence-electron chi connectivity index (χ1n) is 7.10. The number of amides is 3. The number of carbonyl (C=O) groups is 3. The van der Waals surface area contributed by atoms with E-state index in [1.807, 2.05) is 6.07 Å². The van der Waals surface area contributed by atoms with Crippen LogP contribution in [0.15, 0.2) is 0 Å². The Morgan fingerprint density at radius 2 is 1.85 bits per heavy atom. The molecule has 6 heteroatoms. The molecule has 1 aliphatic heterocycles. The van der Waals surface area contributed by atoms with Gasteiger partial charge in [0.15, 0.2) is 0 Å². The number of imide groups is 1. The van der Waals surface area contributed by atoms with Crippen molar-refractivity contribution in [1.82, 2.24) is 9.80 Å². The summed E-state index contributed by atoms with van der Waals surface area (Å²) in [6.45, 7) is 1.93. The van der Waals surface area contributed by atoms with Gasteiger partial charge in [0.2, 0.25) is 17.7 Å². The minimum absolute atomic E-state index is 0.0155. The van der Waals surface area contributed by atoms with Gasteiger partial charge in [-0.05, 0) is 19.8 Å². The number of rotatable bonds is 4. The van der Waals surface area contributed by atoms with Crippen LogP contribution < -0.4 is 0 Å². The van der Waals surface area contributed by atoms with E-state index in [4.69, 9.17) is 5.26 Å². The minimum atomic E-state index is -0.339. The first-order valence-corrected chi connectivity index (χ1v) is 7.10. The van der Waals surface area contributed by atoms with Crippen LogP contribution in [0, 0.1) is 23.2 Å². The molecule has 6 nitrogen and oxygen atoms in total. The topological polar surface area (TPSA) is 81.5 Å². The molecule has 3 amide bonds. The molecule has 1 saturated heterocycles. The van der Waals surface area contributed by atoms with Gasteiger partial charge in [-0.1, -0.05) is 12.8 Å². The second-order valence-electron chi connectivity index (χ2n) is 5.33. The number of nitriles is 1. The lowest BCUT2D eigenvalue weighted by atomic mass is 9.81. The zero-order valence-corrected chi connectivity index (χ0v) is 11.7. The summed E-state index contributed by atoms with van der Waals surface area (Å²) in [6.07, 6.45) is 3.43. The number of carbonyl (C=O) groups excluding carboxylic acids is 3. The lowest BCUT2D eigenvalue weighted by molar-refractivity contribution is -0.146. The predicted octanol–water partition coefficient (Wildman–Crippen LogP) is 0.534. The molecule has 2 unspecified atom stereocenters. The van der Waals surface area contributed by atoms with Crippen molar-refractivity contribution in [3.63, 3.8) is 0 Å². The fraction of sp³-hybridized carbons (Fsp3) is 0.714. The van der Waals surface area contributed by atoms with Crippen LogP contribution in [0.4, 0.5) is 0 Å². The van der Waals surface area contributed by atoms with Crippen LogP contribution in [0.1, 0.15) is 32.6 Å². The highest BCUT2D eigenvalue weighted by molar-refractivity contribution is 6.07. The predicted molar refractivity (Wildman–Crippen MR) is 70.0 cm³/mol. The summed E-state index contributed by atoms with van der Waals surface area (Å²) < 4.78 is 0. The van der Waals surface area contributed by atoms with Gasteiger partial charge in [-0.2, -0.15) is 5.26 Å². The van der Waals surface area contributed by atoms with Crippen LogP contribution in [0.2, 0.25) is 0 Å². The van der Waals surface area contributed by atoms with E-state index in [1.165, 1.54) is 4.90 Å². The first kappa shape index (κ1) is 14.5. The molecule has 0 aromatic carbocycles. The summed E-state index contributed by atoms with van der Waals surface area (Å²) in [5.41, 5.74) is 0. The monoisotopic (exact) mass is 277 g/mol. The maximum Gasteiger partial charge on any atom is 0.243 e. The number of nitrogens with zero attached hydrogens (tertiary/aromatic N) is 3. The largest absolute Gasteiger partial charge is 0.328 e. The van der Waals surface area contributed by atoms with E-state index in [0.717, 1.165) is 30.6 Å². The Morgan fingerprint density at radius 1 is 1.30 bits per heavy atom. The lowest BCUT2D eigenvalue weighted by Crippen LogP contribution is -2.43. The molecule has 1 saturated carbocycles. The Kier molecular flexibility index (Phi) is 4.38. The molecule has 0 N–H and O–H groups in total. The van der Waals surface area contributed by atoms with Crippen LogP contribution in [0.25, 0.3) is 0 Å². The van der Waals surface area contributed by atoms with Crippen molar-refractivity contribution in [3.8, 4) is 6.07 Å². The van der Waals surface area contributed by atoms with E-state index < -0.39 is 0 Å². The Labute approximate surface area is 118 Å². The van der Waals surface area contributed by atoms with Gasteiger partial charge in [-0.3, -0.25) is 19.3 Å². The number of fused-ring (bicyclic) bond motifs is 1. The van der Waals surface area contributed by atoms with Crippen molar-refractivity contribution in [2.24, 2.45) is 11.8 Å². The van der Waals surface area contributed by atoms with Crippen molar-refractivity contribution in [3.05, 3.63) is 0 Å². The third-order valence-electron chi connectivity index (χ3n) is 4.22. The number of hydrogen-bond acceptors (Lipinski definition) is 4. The third kappa shape index (κ3) is 2.53. The van der Waals surface area contributed by atoms with E-state index in [-0.39, 0.29) is 42.6 Å². The smallest absolute Gasteiger partial charge is 0.243 e. The normalized spacial score (nSPS) is 25.3. The lowest BCUT2D eigenvalue weighted by Gasteiger charge is -2.21. The van der Waals surface area contributed by atoms with Gasteiger partial charge in [0.05, 0.1) is 17.9 Å². The van der Waals surface area contributed by atoms with Crippen LogP contribution in [-0.4, -0.2) is 47.2 Å². The molecule has 108 valence electrons. The van der Waals surface area contributed by atoms with Gasteiger partial charge >= 0.3 is 0 Å². The highest BCUT2D eigenvalue weighted by Crippen LogP contribution is 2.37. The van der Waals surface area contributed by atoms with Crippen molar-refractivity contribution in [2.75, 3.05) is 19.6 Å². The maximum absolute atomic E-state index is 12.2. The average Bonchev–Trinajstić information content (AvgIpc) is 2.70. The summed E-state index contributed by atoms with van der Waals surface area (Å²) in [7, 11) is 0. The Morgan fingerprint density at radius 3 is 2.30 bits per heavy atom. The minimum Gasteiger partial charge on any atom is -0.328 e. The summed E-state index contributed by atoms with van der Waals surface area (Å²) >= 11 is 0. The van der Waals surface area contributed by atoms with E-state index in [9.17, 15) is 14.4 Å². The first-order chi connectivity index (χ1) is 9.60. The van der Waals surface area contributed by atoms with Crippen molar-refractivity contribution < 1.29 is 14.4 Å². The molecular formula is C14H19N3O3. The molecule has 2 rings (SSSR count). The van der Waals surface area contributed by atoms with E-state index in [1.54, 1.807) is 6.92 Å². The second-order valence-corrected chi connectivity index (χ2v) is 5.33. The van der Waals surface area contributed by atoms with Crippen LogP contribution in [0.3, 0.4) is 0 Å².